The monoisotopic (exact) mass is 708 g/mol. The van der Waals surface area contributed by atoms with E-state index in [4.69, 9.17) is 46.3 Å². The molecule has 0 radical (unpaired) electrons. The van der Waals surface area contributed by atoms with Crippen molar-refractivity contribution in [1.29, 1.82) is 0 Å². The number of aromatic amines is 1. The number of nitrogens with two attached hydrogens (primary N) is 2. The van der Waals surface area contributed by atoms with Crippen LogP contribution in [-0.4, -0.2) is 103 Å². The van der Waals surface area contributed by atoms with Gasteiger partial charge in [-0.15, -0.1) is 0 Å². The highest BCUT2D eigenvalue weighted by Crippen LogP contribution is 2.51. The number of anilines is 2. The van der Waals surface area contributed by atoms with E-state index in [0.717, 1.165) is 10.9 Å². The van der Waals surface area contributed by atoms with Gasteiger partial charge in [0.05, 0.1) is 25.6 Å². The standard InChI is InChI=1S/C20H26N10O11P2S2/c21-15-11-17(25-4-23-15)29(6-27-11)10-1-7(31)8(39-10)2-38-43(36,45)41-14-13(32)9(3-37-42(34,35)44)40-19(14)30-18-12(28-20(30)33)16(22)24-5-26-18/h4-10,13-14,19,31-32H,1-3H2,(H,28,33)(H,36,45)(H2,21,23,25)(H2,22,24,26)(H2,34,35,44)/t7-,8+,9+,10+,13+,14?,19+,43?/m0/s1. The van der Waals surface area contributed by atoms with Gasteiger partial charge in [0, 0.05) is 6.42 Å². The highest BCUT2D eigenvalue weighted by atomic mass is 32.7. The molecule has 6 heterocycles. The molecule has 2 aliphatic heterocycles. The second kappa shape index (κ2) is 12.2. The molecule has 244 valence electrons. The molecule has 9 N–H and O–H groups in total. The van der Waals surface area contributed by atoms with E-state index in [1.54, 1.807) is 4.57 Å². The molecule has 0 bridgehead atoms. The Morgan fingerprint density at radius 3 is 2.47 bits per heavy atom. The molecule has 2 aliphatic rings. The van der Waals surface area contributed by atoms with Gasteiger partial charge in [-0.2, -0.15) is 0 Å². The molecule has 6 rings (SSSR count). The summed E-state index contributed by atoms with van der Waals surface area (Å²) in [5.74, 6) is 0.106. The molecule has 45 heavy (non-hydrogen) atoms. The number of nitrogens with zero attached hydrogens (tertiary/aromatic N) is 7. The summed E-state index contributed by atoms with van der Waals surface area (Å²) in [5, 5.41) is 21.7. The van der Waals surface area contributed by atoms with Gasteiger partial charge >= 0.3 is 19.2 Å². The van der Waals surface area contributed by atoms with Crippen LogP contribution in [-0.2, 0) is 39.4 Å². The van der Waals surface area contributed by atoms with Crippen molar-refractivity contribution in [3.63, 3.8) is 0 Å². The van der Waals surface area contributed by atoms with E-state index in [9.17, 15) is 29.4 Å². The third kappa shape index (κ3) is 6.49. The van der Waals surface area contributed by atoms with E-state index in [1.165, 1.54) is 12.7 Å². The number of nitrogen functional groups attached to an aromatic ring is 2. The molecular weight excluding hydrogens is 682 g/mol. The van der Waals surface area contributed by atoms with Gasteiger partial charge < -0.3 is 50.4 Å². The highest BCUT2D eigenvalue weighted by Gasteiger charge is 2.50. The number of H-pyrrole nitrogens is 1. The number of rotatable bonds is 10. The molecule has 25 heteroatoms. The predicted octanol–water partition coefficient (Wildman–Crippen LogP) is -1.30. The molecule has 0 amide bonds. The van der Waals surface area contributed by atoms with Crippen LogP contribution in [0.2, 0.25) is 0 Å². The minimum Gasteiger partial charge on any atom is -0.390 e. The number of aliphatic hydroxyl groups is 2. The zero-order chi connectivity index (χ0) is 32.3. The molecule has 2 fully saturated rings. The largest absolute Gasteiger partial charge is 0.390 e. The van der Waals surface area contributed by atoms with Gasteiger partial charge in [-0.1, -0.05) is 12.2 Å². The summed E-state index contributed by atoms with van der Waals surface area (Å²) < 4.78 is 41.7. The smallest absolute Gasteiger partial charge is 0.383 e. The van der Waals surface area contributed by atoms with Gasteiger partial charge in [0.25, 0.3) is 0 Å². The van der Waals surface area contributed by atoms with Crippen molar-refractivity contribution in [3.8, 4) is 0 Å². The van der Waals surface area contributed by atoms with E-state index < -0.39 is 75.4 Å². The Morgan fingerprint density at radius 2 is 1.73 bits per heavy atom. The topological polar surface area (TPSA) is 303 Å². The Hall–Kier alpha value is -2.63. The number of hydrogen-bond acceptors (Lipinski definition) is 17. The number of hydrogen-bond donors (Lipinski definition) is 8. The fourth-order valence-corrected chi connectivity index (χ4v) is 6.96. The van der Waals surface area contributed by atoms with E-state index in [-0.39, 0.29) is 29.2 Å². The lowest BCUT2D eigenvalue weighted by Gasteiger charge is -2.26. The fraction of sp³-hybridized carbons (Fsp3) is 0.500. The third-order valence-corrected chi connectivity index (χ3v) is 9.46. The number of fused-ring (bicyclic) bond motifs is 2. The number of aromatic nitrogens is 8. The first kappa shape index (κ1) is 32.3. The van der Waals surface area contributed by atoms with E-state index >= 15 is 0 Å². The maximum atomic E-state index is 12.9. The van der Waals surface area contributed by atoms with Gasteiger partial charge in [-0.3, -0.25) is 13.6 Å². The van der Waals surface area contributed by atoms with Gasteiger partial charge in [-0.05, 0) is 11.8 Å². The van der Waals surface area contributed by atoms with Crippen molar-refractivity contribution < 1.29 is 47.6 Å². The summed E-state index contributed by atoms with van der Waals surface area (Å²) >= 11 is 8.63. The molecular formula is C20H26N10O11P2S2. The van der Waals surface area contributed by atoms with Crippen molar-refractivity contribution in [2.24, 2.45) is 0 Å². The maximum absolute atomic E-state index is 12.9. The summed E-state index contributed by atoms with van der Waals surface area (Å²) in [6, 6.07) is 0. The second-order valence-electron chi connectivity index (χ2n) is 9.95. The summed E-state index contributed by atoms with van der Waals surface area (Å²) in [6.45, 7) is -9.69. The van der Waals surface area contributed by atoms with Crippen LogP contribution < -0.4 is 17.2 Å². The zero-order valence-corrected chi connectivity index (χ0v) is 26.1. The van der Waals surface area contributed by atoms with Crippen molar-refractivity contribution in [2.75, 3.05) is 24.7 Å². The van der Waals surface area contributed by atoms with Gasteiger partial charge in [0.2, 0.25) is 0 Å². The fourth-order valence-electron chi connectivity index (χ4n) is 5.01. The van der Waals surface area contributed by atoms with Crippen LogP contribution in [0.15, 0.2) is 23.8 Å². The summed E-state index contributed by atoms with van der Waals surface area (Å²) in [4.78, 5) is 56.0. The molecule has 2 saturated heterocycles. The van der Waals surface area contributed by atoms with E-state index in [2.05, 4.69) is 42.2 Å². The number of aliphatic hydroxyl groups excluding tert-OH is 2. The molecule has 0 saturated carbocycles. The van der Waals surface area contributed by atoms with Gasteiger partial charge in [-0.25, -0.2) is 38.8 Å². The third-order valence-electron chi connectivity index (χ3n) is 7.07. The Morgan fingerprint density at radius 1 is 1.04 bits per heavy atom. The van der Waals surface area contributed by atoms with Gasteiger partial charge in [0.15, 0.2) is 29.2 Å². The zero-order valence-electron chi connectivity index (χ0n) is 22.6. The predicted molar refractivity (Wildman–Crippen MR) is 159 cm³/mol. The first-order chi connectivity index (χ1) is 21.2. The molecule has 0 spiro atoms. The minimum atomic E-state index is -4.30. The van der Waals surface area contributed by atoms with Crippen LogP contribution in [0.5, 0.6) is 0 Å². The van der Waals surface area contributed by atoms with Crippen molar-refractivity contribution in [1.82, 2.24) is 39.0 Å². The van der Waals surface area contributed by atoms with E-state index in [0.29, 0.717) is 11.2 Å². The Kier molecular flexibility index (Phi) is 8.75. The van der Waals surface area contributed by atoms with E-state index in [1.807, 2.05) is 0 Å². The lowest BCUT2D eigenvalue weighted by Crippen LogP contribution is -2.37. The van der Waals surface area contributed by atoms with Crippen molar-refractivity contribution >= 4 is 71.5 Å². The number of imidazole rings is 2. The summed E-state index contributed by atoms with van der Waals surface area (Å²) in [7, 11) is 0. The van der Waals surface area contributed by atoms with Crippen LogP contribution >= 0.6 is 25.8 Å². The molecule has 3 unspecified atom stereocenters. The number of thiol groups is 1. The van der Waals surface area contributed by atoms with Crippen LogP contribution in [0.4, 0.5) is 11.6 Å². The van der Waals surface area contributed by atoms with Crippen LogP contribution in [0.3, 0.4) is 0 Å². The first-order valence-corrected chi connectivity index (χ1v) is 18.2. The summed E-state index contributed by atoms with van der Waals surface area (Å²) in [5.41, 5.74) is 11.6. The Balaban J connectivity index is 1.20. The Labute approximate surface area is 261 Å². The SMILES string of the molecule is Nc1ncnc2c1ncn2[C@H]1C[C@H](O)[C@@H](COP(O)(=S)OC2[C@H](n3c(=O)[nH]c4c(N)ncnc43)O[C@H](COP(=O)(O)S)[C@H]2O)O1. The Bertz CT molecular complexity index is 1890. The number of ether oxygens (including phenoxy) is 2. The molecule has 9 atom stereocenters. The molecule has 0 aliphatic carbocycles. The maximum Gasteiger partial charge on any atom is 0.383 e. The second-order valence-corrected chi connectivity index (χ2v) is 15.5. The molecule has 4 aromatic heterocycles. The molecule has 21 nitrogen and oxygen atoms in total. The van der Waals surface area contributed by atoms with Crippen molar-refractivity contribution in [3.05, 3.63) is 29.5 Å². The molecule has 0 aromatic carbocycles. The molecule has 4 aromatic rings. The van der Waals surface area contributed by atoms with Gasteiger partial charge in [0.1, 0.15) is 54.3 Å². The van der Waals surface area contributed by atoms with Crippen LogP contribution in [0, 0.1) is 0 Å². The van der Waals surface area contributed by atoms with Crippen LogP contribution in [0.25, 0.3) is 22.3 Å². The number of nitrogens with one attached hydrogen (secondary N) is 1. The lowest BCUT2D eigenvalue weighted by atomic mass is 10.1. The highest BCUT2D eigenvalue weighted by molar-refractivity contribution is 8.44. The lowest BCUT2D eigenvalue weighted by molar-refractivity contribution is -0.0540. The first-order valence-electron chi connectivity index (χ1n) is 12.9. The normalized spacial score (nSPS) is 29.8. The average molecular weight is 709 g/mol. The average Bonchev–Trinajstić information content (AvgIpc) is 3.71. The minimum absolute atomic E-state index is 0.0402. The van der Waals surface area contributed by atoms with Crippen LogP contribution in [0.1, 0.15) is 18.9 Å². The van der Waals surface area contributed by atoms with Crippen molar-refractivity contribution in [2.45, 2.75) is 49.4 Å². The quantitative estimate of drug-likeness (QED) is 0.0701. The summed E-state index contributed by atoms with van der Waals surface area (Å²) in [6.07, 6.45) is -5.09.